The van der Waals surface area contributed by atoms with Gasteiger partial charge in [0.05, 0.1) is 6.10 Å². The van der Waals surface area contributed by atoms with E-state index in [4.69, 9.17) is 5.73 Å². The van der Waals surface area contributed by atoms with Crippen molar-refractivity contribution >= 4 is 0 Å². The lowest BCUT2D eigenvalue weighted by molar-refractivity contribution is 0.0341. The van der Waals surface area contributed by atoms with Gasteiger partial charge in [-0.3, -0.25) is 0 Å². The second kappa shape index (κ2) is 6.46. The molecule has 19 heavy (non-hydrogen) atoms. The Hall–Kier alpha value is -0.970. The van der Waals surface area contributed by atoms with E-state index in [-0.39, 0.29) is 18.0 Å². The van der Waals surface area contributed by atoms with Gasteiger partial charge >= 0.3 is 0 Å². The van der Waals surface area contributed by atoms with Crippen molar-refractivity contribution < 1.29 is 9.50 Å². The quantitative estimate of drug-likeness (QED) is 0.875. The minimum Gasteiger partial charge on any atom is -0.393 e. The highest BCUT2D eigenvalue weighted by Gasteiger charge is 2.24. The molecule has 1 heterocycles. The van der Waals surface area contributed by atoms with Crippen molar-refractivity contribution in [1.82, 2.24) is 4.90 Å². The Morgan fingerprint density at radius 3 is 2.74 bits per heavy atom. The van der Waals surface area contributed by atoms with E-state index < -0.39 is 0 Å². The smallest absolute Gasteiger partial charge is 0.123 e. The van der Waals surface area contributed by atoms with Crippen LogP contribution in [0.15, 0.2) is 24.3 Å². The molecule has 3 unspecified atom stereocenters. The van der Waals surface area contributed by atoms with E-state index in [9.17, 15) is 9.50 Å². The molecular formula is C15H23FN2O. The summed E-state index contributed by atoms with van der Waals surface area (Å²) in [7, 11) is 0. The normalized spacial score (nSPS) is 26.3. The molecular weight excluding hydrogens is 243 g/mol. The number of hydrogen-bond acceptors (Lipinski definition) is 3. The largest absolute Gasteiger partial charge is 0.393 e. The van der Waals surface area contributed by atoms with Crippen LogP contribution in [0.2, 0.25) is 0 Å². The highest BCUT2D eigenvalue weighted by atomic mass is 19.1. The average Bonchev–Trinajstić information content (AvgIpc) is 2.40. The van der Waals surface area contributed by atoms with E-state index in [1.165, 1.54) is 12.1 Å². The van der Waals surface area contributed by atoms with Gasteiger partial charge in [-0.05, 0) is 43.0 Å². The number of hydrogen-bond donors (Lipinski definition) is 2. The van der Waals surface area contributed by atoms with Crippen LogP contribution in [-0.4, -0.2) is 35.7 Å². The van der Waals surface area contributed by atoms with Gasteiger partial charge in [0.25, 0.3) is 0 Å². The molecule has 1 saturated heterocycles. The minimum atomic E-state index is -0.227. The number of aliphatic hydroxyl groups is 1. The van der Waals surface area contributed by atoms with Crippen LogP contribution in [0, 0.1) is 11.7 Å². The van der Waals surface area contributed by atoms with E-state index in [0.717, 1.165) is 38.0 Å². The summed E-state index contributed by atoms with van der Waals surface area (Å²) < 4.78 is 12.8. The molecule has 1 aromatic rings. The first-order valence-corrected chi connectivity index (χ1v) is 6.97. The van der Waals surface area contributed by atoms with Crippen LogP contribution >= 0.6 is 0 Å². The molecule has 1 aromatic carbocycles. The predicted octanol–water partition coefficient (Wildman–Crippen LogP) is 1.92. The molecule has 3 nitrogen and oxygen atoms in total. The summed E-state index contributed by atoms with van der Waals surface area (Å²) >= 11 is 0. The maximum atomic E-state index is 12.8. The molecule has 4 heteroatoms. The van der Waals surface area contributed by atoms with E-state index in [2.05, 4.69) is 11.8 Å². The Bertz CT molecular complexity index is 396. The Kier molecular flexibility index (Phi) is 4.91. The lowest BCUT2D eigenvalue weighted by Gasteiger charge is -2.34. The third-order valence-electron chi connectivity index (χ3n) is 4.00. The van der Waals surface area contributed by atoms with Crippen LogP contribution in [0.25, 0.3) is 0 Å². The van der Waals surface area contributed by atoms with Crippen LogP contribution < -0.4 is 5.73 Å². The molecule has 3 atom stereocenters. The average molecular weight is 266 g/mol. The minimum absolute atomic E-state index is 0.0530. The van der Waals surface area contributed by atoms with E-state index in [1.54, 1.807) is 12.1 Å². The lowest BCUT2D eigenvalue weighted by atomic mass is 9.96. The zero-order valence-electron chi connectivity index (χ0n) is 11.4. The van der Waals surface area contributed by atoms with Gasteiger partial charge in [0.15, 0.2) is 0 Å². The van der Waals surface area contributed by atoms with Gasteiger partial charge in [-0.1, -0.05) is 19.1 Å². The van der Waals surface area contributed by atoms with E-state index in [1.807, 2.05) is 0 Å². The van der Waals surface area contributed by atoms with Crippen LogP contribution in [-0.2, 0) is 0 Å². The van der Waals surface area contributed by atoms with Crippen molar-refractivity contribution in [3.8, 4) is 0 Å². The first-order chi connectivity index (χ1) is 9.06. The maximum Gasteiger partial charge on any atom is 0.123 e. The number of rotatable bonds is 4. The summed E-state index contributed by atoms with van der Waals surface area (Å²) in [4.78, 5) is 2.35. The Labute approximate surface area is 114 Å². The summed E-state index contributed by atoms with van der Waals surface area (Å²) in [6.07, 6.45) is 1.53. The fourth-order valence-electron chi connectivity index (χ4n) is 2.62. The van der Waals surface area contributed by atoms with Crippen molar-refractivity contribution in [2.45, 2.75) is 31.9 Å². The summed E-state index contributed by atoms with van der Waals surface area (Å²) in [6, 6.07) is 6.36. The van der Waals surface area contributed by atoms with Gasteiger partial charge in [0.2, 0.25) is 0 Å². The number of nitrogens with zero attached hydrogens (tertiary/aromatic N) is 1. The van der Waals surface area contributed by atoms with Crippen molar-refractivity contribution in [3.05, 3.63) is 35.6 Å². The molecule has 2 rings (SSSR count). The molecule has 0 aliphatic carbocycles. The SMILES string of the molecule is CC1CN(CCC(N)c2ccc(F)cc2)CCC1O. The van der Waals surface area contributed by atoms with Crippen LogP contribution in [0.3, 0.4) is 0 Å². The first kappa shape index (κ1) is 14.4. The van der Waals surface area contributed by atoms with Gasteiger partial charge in [-0.2, -0.15) is 0 Å². The van der Waals surface area contributed by atoms with Crippen molar-refractivity contribution in [3.63, 3.8) is 0 Å². The Balaban J connectivity index is 1.80. The molecule has 1 aliphatic rings. The summed E-state index contributed by atoms with van der Waals surface area (Å²) in [5.74, 6) is 0.102. The fourth-order valence-corrected chi connectivity index (χ4v) is 2.62. The molecule has 0 spiro atoms. The molecule has 1 aliphatic heterocycles. The molecule has 0 radical (unpaired) electrons. The molecule has 1 fully saturated rings. The third kappa shape index (κ3) is 4.00. The number of nitrogens with two attached hydrogens (primary N) is 1. The molecule has 0 aromatic heterocycles. The summed E-state index contributed by atoms with van der Waals surface area (Å²) in [5.41, 5.74) is 7.10. The fraction of sp³-hybridized carbons (Fsp3) is 0.600. The highest BCUT2D eigenvalue weighted by molar-refractivity contribution is 5.19. The highest BCUT2D eigenvalue weighted by Crippen LogP contribution is 2.19. The second-order valence-corrected chi connectivity index (χ2v) is 5.58. The molecule has 0 saturated carbocycles. The Morgan fingerprint density at radius 2 is 2.11 bits per heavy atom. The molecule has 0 amide bonds. The van der Waals surface area contributed by atoms with Crippen LogP contribution in [0.1, 0.15) is 31.4 Å². The molecule has 3 N–H and O–H groups in total. The molecule has 106 valence electrons. The first-order valence-electron chi connectivity index (χ1n) is 6.97. The van der Waals surface area contributed by atoms with Crippen molar-refractivity contribution in [2.75, 3.05) is 19.6 Å². The number of benzene rings is 1. The lowest BCUT2D eigenvalue weighted by Crippen LogP contribution is -2.42. The number of halogens is 1. The summed E-state index contributed by atoms with van der Waals surface area (Å²) in [5, 5.41) is 9.69. The number of likely N-dealkylation sites (tertiary alicyclic amines) is 1. The third-order valence-corrected chi connectivity index (χ3v) is 4.00. The maximum absolute atomic E-state index is 12.8. The van der Waals surface area contributed by atoms with E-state index in [0.29, 0.717) is 5.92 Å². The van der Waals surface area contributed by atoms with E-state index >= 15 is 0 Å². The van der Waals surface area contributed by atoms with Crippen LogP contribution in [0.5, 0.6) is 0 Å². The number of aliphatic hydroxyl groups excluding tert-OH is 1. The van der Waals surface area contributed by atoms with Crippen molar-refractivity contribution in [1.29, 1.82) is 0 Å². The van der Waals surface area contributed by atoms with Gasteiger partial charge < -0.3 is 15.7 Å². The van der Waals surface area contributed by atoms with Gasteiger partial charge in [-0.15, -0.1) is 0 Å². The topological polar surface area (TPSA) is 49.5 Å². The number of piperidine rings is 1. The standard InChI is InChI=1S/C15H23FN2O/c1-11-10-18(9-7-15(11)19)8-6-14(17)12-2-4-13(16)5-3-12/h2-5,11,14-15,19H,6-10,17H2,1H3. The monoisotopic (exact) mass is 266 g/mol. The van der Waals surface area contributed by atoms with Gasteiger partial charge in [0, 0.05) is 19.1 Å². The second-order valence-electron chi connectivity index (χ2n) is 5.58. The summed E-state index contributed by atoms with van der Waals surface area (Å²) in [6.45, 7) is 4.87. The van der Waals surface area contributed by atoms with Crippen LogP contribution in [0.4, 0.5) is 4.39 Å². The van der Waals surface area contributed by atoms with Gasteiger partial charge in [0.1, 0.15) is 5.82 Å². The van der Waals surface area contributed by atoms with Crippen molar-refractivity contribution in [2.24, 2.45) is 11.7 Å². The molecule has 0 bridgehead atoms. The van der Waals surface area contributed by atoms with Gasteiger partial charge in [-0.25, -0.2) is 4.39 Å². The zero-order chi connectivity index (χ0) is 13.8. The Morgan fingerprint density at radius 1 is 1.42 bits per heavy atom. The zero-order valence-corrected chi connectivity index (χ0v) is 11.4. The predicted molar refractivity (Wildman–Crippen MR) is 74.2 cm³/mol.